The summed E-state index contributed by atoms with van der Waals surface area (Å²) in [6.45, 7) is 0.687. The van der Waals surface area contributed by atoms with Crippen LogP contribution in [0.3, 0.4) is 0 Å². The van der Waals surface area contributed by atoms with Crippen LogP contribution in [0.1, 0.15) is 29.3 Å². The third kappa shape index (κ3) is 5.90. The van der Waals surface area contributed by atoms with E-state index < -0.39 is 0 Å². The van der Waals surface area contributed by atoms with E-state index in [-0.39, 0.29) is 6.04 Å². The third-order valence-electron chi connectivity index (χ3n) is 11.3. The summed E-state index contributed by atoms with van der Waals surface area (Å²) in [7, 11) is 0. The van der Waals surface area contributed by atoms with Crippen LogP contribution in [0, 0.1) is 5.41 Å². The van der Waals surface area contributed by atoms with Gasteiger partial charge in [-0.3, -0.25) is 4.98 Å². The molecule has 2 N–H and O–H groups in total. The van der Waals surface area contributed by atoms with Crippen LogP contribution in [0.25, 0.3) is 77.2 Å². The number of nitrogens with one attached hydrogen (secondary N) is 2. The van der Waals surface area contributed by atoms with Crippen molar-refractivity contribution in [3.05, 3.63) is 211 Å². The first-order valence-corrected chi connectivity index (χ1v) is 19.4. The van der Waals surface area contributed by atoms with Gasteiger partial charge in [0.05, 0.1) is 11.4 Å². The van der Waals surface area contributed by atoms with Crippen LogP contribution in [-0.4, -0.2) is 10.7 Å². The summed E-state index contributed by atoms with van der Waals surface area (Å²) in [6.07, 6.45) is 2.30. The molecule has 1 aliphatic carbocycles. The van der Waals surface area contributed by atoms with E-state index >= 15 is 0 Å². The minimum absolute atomic E-state index is 0.0123. The number of rotatable bonds is 10. The predicted molar refractivity (Wildman–Crippen MR) is 234 cm³/mol. The van der Waals surface area contributed by atoms with Gasteiger partial charge in [0.25, 0.3) is 0 Å². The molecule has 8 aromatic carbocycles. The van der Waals surface area contributed by atoms with Gasteiger partial charge in [-0.1, -0.05) is 176 Å². The molecular weight excluding hydrogens is 679 g/mol. The summed E-state index contributed by atoms with van der Waals surface area (Å²) >= 11 is 0. The molecule has 0 aliphatic heterocycles. The molecule has 1 aromatic heterocycles. The topological polar surface area (TPSA) is 48.8 Å². The van der Waals surface area contributed by atoms with Crippen LogP contribution >= 0.6 is 0 Å². The van der Waals surface area contributed by atoms with Crippen molar-refractivity contribution in [2.45, 2.75) is 19.0 Å². The minimum atomic E-state index is -0.0123. The van der Waals surface area contributed by atoms with Crippen molar-refractivity contribution in [2.75, 3.05) is 0 Å². The van der Waals surface area contributed by atoms with Crippen LogP contribution in [0.4, 0.5) is 0 Å². The Morgan fingerprint density at radius 1 is 0.464 bits per heavy atom. The molecule has 1 atom stereocenters. The van der Waals surface area contributed by atoms with Gasteiger partial charge in [-0.25, -0.2) is 0 Å². The highest BCUT2D eigenvalue weighted by atomic mass is 14.9. The highest BCUT2D eigenvalue weighted by Crippen LogP contribution is 2.58. The Balaban J connectivity index is 1.04. The van der Waals surface area contributed by atoms with E-state index in [2.05, 4.69) is 174 Å². The minimum Gasteiger partial charge on any atom is -0.305 e. The Morgan fingerprint density at radius 2 is 1.02 bits per heavy atom. The lowest BCUT2D eigenvalue weighted by atomic mass is 9.82. The average Bonchev–Trinajstić information content (AvgIpc) is 3.60. The van der Waals surface area contributed by atoms with Crippen molar-refractivity contribution in [1.29, 1.82) is 5.41 Å². The molecule has 0 saturated heterocycles. The van der Waals surface area contributed by atoms with Crippen LogP contribution in [0.5, 0.6) is 0 Å². The highest BCUT2D eigenvalue weighted by molar-refractivity contribution is 6.28. The van der Waals surface area contributed by atoms with Crippen molar-refractivity contribution < 1.29 is 0 Å². The smallest absolute Gasteiger partial charge is 0.0837 e. The van der Waals surface area contributed by atoms with Gasteiger partial charge in [0.2, 0.25) is 0 Å². The molecular formula is C53H39N3. The van der Waals surface area contributed by atoms with E-state index in [0.717, 1.165) is 5.56 Å². The van der Waals surface area contributed by atoms with E-state index in [4.69, 9.17) is 5.41 Å². The molecule has 1 aliphatic rings. The highest BCUT2D eigenvalue weighted by Gasteiger charge is 2.31. The number of hydrogen-bond donors (Lipinski definition) is 2. The Morgan fingerprint density at radius 3 is 1.64 bits per heavy atom. The number of fused-ring (bicyclic) bond motifs is 4. The number of nitrogens with zero attached hydrogens (tertiary/aromatic N) is 1. The first-order valence-electron chi connectivity index (χ1n) is 19.4. The monoisotopic (exact) mass is 717 g/mol. The zero-order valence-electron chi connectivity index (χ0n) is 30.9. The molecule has 0 radical (unpaired) electrons. The fourth-order valence-electron chi connectivity index (χ4n) is 8.75. The van der Waals surface area contributed by atoms with Gasteiger partial charge in [-0.15, -0.1) is 0 Å². The molecule has 10 rings (SSSR count). The standard InChI is InChI=1S/C53H39N3/c54-46(47-25-12-13-32-55-47)33-48(37-15-4-1-5-16-37)56-34-35-26-28-36(29-27-35)40-30-31-45-51-41(40)23-14-24-44(51)52-49(38-17-6-2-7-18-38)42-21-10-11-22-43(42)50(53(45)52)39-19-8-3-9-20-39/h1-32,48,54,56H,33-34H2. The normalized spacial score (nSPS) is 12.1. The number of benzene rings is 8. The quantitative estimate of drug-likeness (QED) is 0.138. The predicted octanol–water partition coefficient (Wildman–Crippen LogP) is 13.3. The zero-order chi connectivity index (χ0) is 37.4. The molecule has 1 heterocycles. The SMILES string of the molecule is N=C(CC(NCc1ccc(-c2ccc3c4c(cccc24)-c2c-3c(-c3ccccc3)c3ccccc3c2-c2ccccc2)cc1)c1ccccc1)c1ccccn1. The molecule has 3 nitrogen and oxygen atoms in total. The maximum absolute atomic E-state index is 8.80. The van der Waals surface area contributed by atoms with Crippen LogP contribution in [0.15, 0.2) is 194 Å². The fourth-order valence-corrected chi connectivity index (χ4v) is 8.75. The Kier molecular flexibility index (Phi) is 8.63. The molecule has 266 valence electrons. The van der Waals surface area contributed by atoms with Crippen LogP contribution < -0.4 is 5.32 Å². The summed E-state index contributed by atoms with van der Waals surface area (Å²) in [6, 6.07) is 67.4. The van der Waals surface area contributed by atoms with Crippen molar-refractivity contribution >= 4 is 27.3 Å². The first kappa shape index (κ1) is 33.6. The zero-order valence-corrected chi connectivity index (χ0v) is 30.9. The number of pyridine rings is 1. The van der Waals surface area contributed by atoms with Gasteiger partial charge in [0.1, 0.15) is 0 Å². The van der Waals surface area contributed by atoms with Gasteiger partial charge in [0, 0.05) is 25.2 Å². The largest absolute Gasteiger partial charge is 0.305 e. The van der Waals surface area contributed by atoms with Crippen molar-refractivity contribution in [1.82, 2.24) is 10.3 Å². The number of aromatic nitrogens is 1. The van der Waals surface area contributed by atoms with Gasteiger partial charge >= 0.3 is 0 Å². The first-order chi connectivity index (χ1) is 27.7. The molecule has 9 aromatic rings. The number of hydrogen-bond acceptors (Lipinski definition) is 3. The maximum Gasteiger partial charge on any atom is 0.0837 e. The average molecular weight is 718 g/mol. The summed E-state index contributed by atoms with van der Waals surface area (Å²) in [5.74, 6) is 0. The summed E-state index contributed by atoms with van der Waals surface area (Å²) in [5.41, 5.74) is 16.3. The van der Waals surface area contributed by atoms with Gasteiger partial charge in [-0.05, 0) is 100 Å². The third-order valence-corrected chi connectivity index (χ3v) is 11.3. The van der Waals surface area contributed by atoms with E-state index in [1.165, 1.54) is 82.7 Å². The molecule has 0 fully saturated rings. The van der Waals surface area contributed by atoms with Gasteiger partial charge < -0.3 is 10.7 Å². The fraction of sp³-hybridized carbons (Fsp3) is 0.0566. The second-order valence-corrected chi connectivity index (χ2v) is 14.6. The second kappa shape index (κ2) is 14.4. The van der Waals surface area contributed by atoms with E-state index in [1.807, 2.05) is 24.3 Å². The molecule has 3 heteroatoms. The lowest BCUT2D eigenvalue weighted by Gasteiger charge is -2.20. The Hall–Kier alpha value is -6.94. The van der Waals surface area contributed by atoms with Gasteiger partial charge in [0.15, 0.2) is 0 Å². The Bertz CT molecular complexity index is 2770. The molecule has 1 unspecified atom stereocenters. The maximum atomic E-state index is 8.80. The molecule has 0 bridgehead atoms. The molecule has 0 spiro atoms. The summed E-state index contributed by atoms with van der Waals surface area (Å²) in [5, 5.41) is 17.7. The Labute approximate surface area is 327 Å². The summed E-state index contributed by atoms with van der Waals surface area (Å²) in [4.78, 5) is 4.43. The molecule has 56 heavy (non-hydrogen) atoms. The van der Waals surface area contributed by atoms with Crippen molar-refractivity contribution in [3.8, 4) is 55.6 Å². The van der Waals surface area contributed by atoms with E-state index in [1.54, 1.807) is 6.20 Å². The second-order valence-electron chi connectivity index (χ2n) is 14.6. The van der Waals surface area contributed by atoms with E-state index in [0.29, 0.717) is 24.4 Å². The van der Waals surface area contributed by atoms with Crippen LogP contribution in [0.2, 0.25) is 0 Å². The molecule has 0 saturated carbocycles. The van der Waals surface area contributed by atoms with Gasteiger partial charge in [-0.2, -0.15) is 0 Å². The van der Waals surface area contributed by atoms with Crippen molar-refractivity contribution in [2.24, 2.45) is 0 Å². The molecule has 0 amide bonds. The van der Waals surface area contributed by atoms with E-state index in [9.17, 15) is 0 Å². The van der Waals surface area contributed by atoms with Crippen LogP contribution in [-0.2, 0) is 6.54 Å². The lowest BCUT2D eigenvalue weighted by Crippen LogP contribution is -2.24. The lowest BCUT2D eigenvalue weighted by molar-refractivity contribution is 0.548. The summed E-state index contributed by atoms with van der Waals surface area (Å²) < 4.78 is 0. The van der Waals surface area contributed by atoms with Crippen molar-refractivity contribution in [3.63, 3.8) is 0 Å².